The van der Waals surface area contributed by atoms with E-state index in [4.69, 9.17) is 0 Å². The Bertz CT molecular complexity index is 118. The van der Waals surface area contributed by atoms with E-state index < -0.39 is 0 Å². The minimum atomic E-state index is 0.400. The largest absolute Gasteiger partial charge is 0.299 e. The van der Waals surface area contributed by atoms with E-state index >= 15 is 0 Å². The summed E-state index contributed by atoms with van der Waals surface area (Å²) in [5.74, 6) is 1.34. The molecule has 0 saturated heterocycles. The van der Waals surface area contributed by atoms with Crippen molar-refractivity contribution in [1.82, 2.24) is 0 Å². The van der Waals surface area contributed by atoms with Crippen LogP contribution >= 0.6 is 0 Å². The lowest BCUT2D eigenvalue weighted by atomic mass is 10.2. The van der Waals surface area contributed by atoms with Gasteiger partial charge in [0, 0.05) is 11.8 Å². The van der Waals surface area contributed by atoms with Crippen LogP contribution in [0.3, 0.4) is 0 Å². The Morgan fingerprint density at radius 1 is 1.56 bits per heavy atom. The zero-order valence-corrected chi connectivity index (χ0v) is 6.18. The fraction of sp³-hybridized carbons (Fsp3) is 0.875. The van der Waals surface area contributed by atoms with Gasteiger partial charge in [-0.15, -0.1) is 0 Å². The average molecular weight is 126 g/mol. The minimum absolute atomic E-state index is 0.400. The molecule has 2 atom stereocenters. The molecule has 0 heterocycles. The van der Waals surface area contributed by atoms with E-state index in [2.05, 4.69) is 6.92 Å². The van der Waals surface area contributed by atoms with Crippen molar-refractivity contribution < 1.29 is 4.79 Å². The lowest BCUT2D eigenvalue weighted by molar-refractivity contribution is -0.112. The molecule has 1 heteroatoms. The van der Waals surface area contributed by atoms with Gasteiger partial charge in [0.15, 0.2) is 0 Å². The monoisotopic (exact) mass is 126 g/mol. The molecule has 0 aliphatic heterocycles. The second kappa shape index (κ2) is 2.51. The number of carbonyl (C=O) groups excluding carboxylic acids is 1. The molecule has 0 bridgehead atoms. The predicted molar refractivity (Wildman–Crippen MR) is 37.2 cm³/mol. The van der Waals surface area contributed by atoms with Crippen LogP contribution in [0.4, 0.5) is 0 Å². The Kier molecular flexibility index (Phi) is 1.89. The number of hydrogen-bond donors (Lipinski definition) is 0. The standard InChI is InChI=1S/C8H14O/c1-3-4-5-7-6(2)8(7)9/h6-7H,3-5H2,1-2H3. The zero-order chi connectivity index (χ0) is 6.85. The molecule has 0 aromatic carbocycles. The van der Waals surface area contributed by atoms with Crippen molar-refractivity contribution in [1.29, 1.82) is 0 Å². The molecule has 1 saturated carbocycles. The summed E-state index contributed by atoms with van der Waals surface area (Å²) < 4.78 is 0. The summed E-state index contributed by atoms with van der Waals surface area (Å²) in [6, 6.07) is 0. The van der Waals surface area contributed by atoms with E-state index in [0.29, 0.717) is 17.6 Å². The zero-order valence-electron chi connectivity index (χ0n) is 6.18. The van der Waals surface area contributed by atoms with E-state index in [0.717, 1.165) is 6.42 Å². The lowest BCUT2D eigenvalue weighted by Crippen LogP contribution is -1.79. The molecule has 1 rings (SSSR count). The predicted octanol–water partition coefficient (Wildman–Crippen LogP) is 2.01. The first-order chi connectivity index (χ1) is 4.27. The highest BCUT2D eigenvalue weighted by Crippen LogP contribution is 2.36. The van der Waals surface area contributed by atoms with Gasteiger partial charge in [-0.1, -0.05) is 26.7 Å². The molecule has 1 fully saturated rings. The van der Waals surface area contributed by atoms with E-state index in [1.807, 2.05) is 6.92 Å². The summed E-state index contributed by atoms with van der Waals surface area (Å²) >= 11 is 0. The first kappa shape index (κ1) is 6.79. The highest BCUT2D eigenvalue weighted by Gasteiger charge is 2.43. The molecule has 2 unspecified atom stereocenters. The van der Waals surface area contributed by atoms with Crippen molar-refractivity contribution in [3.63, 3.8) is 0 Å². The Balaban J connectivity index is 2.11. The fourth-order valence-electron chi connectivity index (χ4n) is 1.25. The van der Waals surface area contributed by atoms with Crippen LogP contribution in [-0.2, 0) is 4.79 Å². The van der Waals surface area contributed by atoms with Gasteiger partial charge in [-0.05, 0) is 6.42 Å². The van der Waals surface area contributed by atoms with Crippen LogP contribution in [0.1, 0.15) is 33.1 Å². The van der Waals surface area contributed by atoms with Crippen molar-refractivity contribution in [2.75, 3.05) is 0 Å². The Labute approximate surface area is 56.4 Å². The maximum Gasteiger partial charge on any atom is 0.140 e. The van der Waals surface area contributed by atoms with Crippen LogP contribution in [0.5, 0.6) is 0 Å². The van der Waals surface area contributed by atoms with Crippen LogP contribution in [0.15, 0.2) is 0 Å². The van der Waals surface area contributed by atoms with Gasteiger partial charge in [0.2, 0.25) is 0 Å². The molecule has 1 nitrogen and oxygen atoms in total. The third kappa shape index (κ3) is 1.32. The highest BCUT2D eigenvalue weighted by atomic mass is 16.1. The molecule has 0 N–H and O–H groups in total. The number of Topliss-reactive ketones (excluding diaryl/α,β-unsaturated/α-hetero) is 1. The lowest BCUT2D eigenvalue weighted by Gasteiger charge is -1.89. The van der Waals surface area contributed by atoms with E-state index in [9.17, 15) is 4.79 Å². The number of carbonyl (C=O) groups is 1. The van der Waals surface area contributed by atoms with Gasteiger partial charge in [-0.2, -0.15) is 0 Å². The maximum atomic E-state index is 10.7. The first-order valence-corrected chi connectivity index (χ1v) is 3.81. The van der Waals surface area contributed by atoms with Crippen LogP contribution in [0, 0.1) is 11.8 Å². The van der Waals surface area contributed by atoms with Crippen molar-refractivity contribution in [3.05, 3.63) is 0 Å². The molecular weight excluding hydrogens is 112 g/mol. The number of ketones is 1. The molecule has 1 aliphatic rings. The topological polar surface area (TPSA) is 17.1 Å². The van der Waals surface area contributed by atoms with Crippen molar-refractivity contribution in [2.24, 2.45) is 11.8 Å². The summed E-state index contributed by atoms with van der Waals surface area (Å²) in [7, 11) is 0. The molecule has 0 radical (unpaired) electrons. The van der Waals surface area contributed by atoms with E-state index in [1.54, 1.807) is 0 Å². The van der Waals surface area contributed by atoms with Gasteiger partial charge in [-0.3, -0.25) is 4.79 Å². The van der Waals surface area contributed by atoms with Gasteiger partial charge in [0.05, 0.1) is 0 Å². The number of rotatable bonds is 3. The normalized spacial score (nSPS) is 32.9. The second-order valence-electron chi connectivity index (χ2n) is 2.94. The number of unbranched alkanes of at least 4 members (excludes halogenated alkanes) is 1. The second-order valence-corrected chi connectivity index (χ2v) is 2.94. The number of hydrogen-bond acceptors (Lipinski definition) is 1. The van der Waals surface area contributed by atoms with Crippen LogP contribution < -0.4 is 0 Å². The van der Waals surface area contributed by atoms with Gasteiger partial charge < -0.3 is 0 Å². The van der Waals surface area contributed by atoms with Crippen molar-refractivity contribution in [3.8, 4) is 0 Å². The summed E-state index contributed by atoms with van der Waals surface area (Å²) in [6.45, 7) is 4.19. The first-order valence-electron chi connectivity index (χ1n) is 3.81. The molecule has 1 aliphatic carbocycles. The Morgan fingerprint density at radius 2 is 2.11 bits per heavy atom. The maximum absolute atomic E-state index is 10.7. The average Bonchev–Trinajstić information content (AvgIpc) is 2.39. The van der Waals surface area contributed by atoms with Gasteiger partial charge in [0.25, 0.3) is 0 Å². The van der Waals surface area contributed by atoms with Gasteiger partial charge in [0.1, 0.15) is 5.78 Å². The minimum Gasteiger partial charge on any atom is -0.299 e. The molecule has 9 heavy (non-hydrogen) atoms. The van der Waals surface area contributed by atoms with Gasteiger partial charge in [-0.25, -0.2) is 0 Å². The third-order valence-electron chi connectivity index (χ3n) is 2.18. The molecule has 0 spiro atoms. The smallest absolute Gasteiger partial charge is 0.140 e. The molecule has 0 aromatic heterocycles. The van der Waals surface area contributed by atoms with Crippen LogP contribution in [0.2, 0.25) is 0 Å². The van der Waals surface area contributed by atoms with Crippen molar-refractivity contribution >= 4 is 5.78 Å². The Hall–Kier alpha value is -0.330. The molecular formula is C8H14O. The molecule has 52 valence electrons. The van der Waals surface area contributed by atoms with E-state index in [1.165, 1.54) is 12.8 Å². The van der Waals surface area contributed by atoms with Gasteiger partial charge >= 0.3 is 0 Å². The highest BCUT2D eigenvalue weighted by molar-refractivity contribution is 5.98. The third-order valence-corrected chi connectivity index (χ3v) is 2.18. The summed E-state index contributed by atoms with van der Waals surface area (Å²) in [4.78, 5) is 10.7. The molecule has 0 amide bonds. The SMILES string of the molecule is CCCCC1C(=O)C1C. The van der Waals surface area contributed by atoms with Crippen LogP contribution in [0.25, 0.3) is 0 Å². The summed E-state index contributed by atoms with van der Waals surface area (Å²) in [6.07, 6.45) is 3.58. The quantitative estimate of drug-likeness (QED) is 0.565. The van der Waals surface area contributed by atoms with Crippen molar-refractivity contribution in [2.45, 2.75) is 33.1 Å². The summed E-state index contributed by atoms with van der Waals surface area (Å²) in [5, 5.41) is 0. The summed E-state index contributed by atoms with van der Waals surface area (Å²) in [5.41, 5.74) is 0. The molecule has 0 aromatic rings. The van der Waals surface area contributed by atoms with E-state index in [-0.39, 0.29) is 0 Å². The Morgan fingerprint density at radius 3 is 2.44 bits per heavy atom. The fourth-order valence-corrected chi connectivity index (χ4v) is 1.25. The van der Waals surface area contributed by atoms with Crippen LogP contribution in [-0.4, -0.2) is 5.78 Å².